The molecule has 116 valence electrons. The Balaban J connectivity index is 1.84. The van der Waals surface area contributed by atoms with Crippen molar-refractivity contribution in [1.29, 1.82) is 0 Å². The number of aromatic nitrogens is 1. The lowest BCUT2D eigenvalue weighted by Crippen LogP contribution is -2.28. The van der Waals surface area contributed by atoms with Crippen molar-refractivity contribution in [2.45, 2.75) is 32.1 Å². The zero-order valence-corrected chi connectivity index (χ0v) is 13.6. The van der Waals surface area contributed by atoms with Crippen molar-refractivity contribution in [3.63, 3.8) is 0 Å². The topological polar surface area (TPSA) is 54.0 Å². The maximum absolute atomic E-state index is 10.6. The summed E-state index contributed by atoms with van der Waals surface area (Å²) in [6.45, 7) is 4.25. The molecule has 22 heavy (non-hydrogen) atoms. The fourth-order valence-electron chi connectivity index (χ4n) is 2.92. The van der Waals surface area contributed by atoms with Crippen molar-refractivity contribution in [3.8, 4) is 11.3 Å². The number of nitrogens with one attached hydrogen (secondary N) is 2. The number of amides is 1. The summed E-state index contributed by atoms with van der Waals surface area (Å²) in [5, 5.41) is 9.58. The van der Waals surface area contributed by atoms with Gasteiger partial charge in [-0.05, 0) is 43.5 Å². The standard InChI is InChI=1S/C17H21N3OS/c1-2-12-8-13(5-6-15(12)19-11-21)16-10-22-17(20-16)14-4-3-7-18-9-14/h5-6,8,10-11,14,18H,2-4,7,9H2,1H3,(H,19,21). The van der Waals surface area contributed by atoms with Crippen LogP contribution in [0.25, 0.3) is 11.3 Å². The van der Waals surface area contributed by atoms with Crippen LogP contribution in [-0.2, 0) is 11.2 Å². The summed E-state index contributed by atoms with van der Waals surface area (Å²) < 4.78 is 0. The Morgan fingerprint density at radius 1 is 1.50 bits per heavy atom. The Morgan fingerprint density at radius 2 is 2.41 bits per heavy atom. The molecule has 1 aliphatic heterocycles. The average Bonchev–Trinajstić information content (AvgIpc) is 3.06. The van der Waals surface area contributed by atoms with E-state index in [0.29, 0.717) is 5.92 Å². The molecule has 4 nitrogen and oxygen atoms in total. The van der Waals surface area contributed by atoms with Gasteiger partial charge in [0.1, 0.15) is 0 Å². The number of carbonyl (C=O) groups is 1. The molecule has 0 radical (unpaired) electrons. The molecule has 2 heterocycles. The molecule has 1 aromatic carbocycles. The summed E-state index contributed by atoms with van der Waals surface area (Å²) in [4.78, 5) is 15.5. The molecule has 1 saturated heterocycles. The first-order valence-electron chi connectivity index (χ1n) is 7.81. The van der Waals surface area contributed by atoms with Gasteiger partial charge in [-0.2, -0.15) is 0 Å². The van der Waals surface area contributed by atoms with E-state index in [0.717, 1.165) is 48.4 Å². The molecule has 3 rings (SSSR count). The highest BCUT2D eigenvalue weighted by atomic mass is 32.1. The summed E-state index contributed by atoms with van der Waals surface area (Å²) in [5.41, 5.74) is 4.18. The van der Waals surface area contributed by atoms with Crippen LogP contribution in [0, 0.1) is 0 Å². The molecule has 1 amide bonds. The van der Waals surface area contributed by atoms with Crippen LogP contribution in [0.4, 0.5) is 5.69 Å². The van der Waals surface area contributed by atoms with Gasteiger partial charge in [-0.3, -0.25) is 4.79 Å². The van der Waals surface area contributed by atoms with Gasteiger partial charge >= 0.3 is 0 Å². The van der Waals surface area contributed by atoms with Crippen LogP contribution in [0.15, 0.2) is 23.6 Å². The van der Waals surface area contributed by atoms with Crippen LogP contribution >= 0.6 is 11.3 Å². The SMILES string of the molecule is CCc1cc(-c2csc(C3CCCNC3)n2)ccc1NC=O. The Morgan fingerprint density at radius 3 is 3.14 bits per heavy atom. The Hall–Kier alpha value is -1.72. The van der Waals surface area contributed by atoms with E-state index < -0.39 is 0 Å². The van der Waals surface area contributed by atoms with Gasteiger partial charge in [0.25, 0.3) is 0 Å². The van der Waals surface area contributed by atoms with Gasteiger partial charge in [-0.25, -0.2) is 4.98 Å². The number of hydrogen-bond acceptors (Lipinski definition) is 4. The lowest BCUT2D eigenvalue weighted by atomic mass is 10.0. The van der Waals surface area contributed by atoms with E-state index in [1.54, 1.807) is 11.3 Å². The lowest BCUT2D eigenvalue weighted by molar-refractivity contribution is -0.105. The first-order valence-corrected chi connectivity index (χ1v) is 8.69. The fraction of sp³-hybridized carbons (Fsp3) is 0.412. The van der Waals surface area contributed by atoms with Gasteiger partial charge in [0.15, 0.2) is 0 Å². The Kier molecular flexibility index (Phi) is 4.85. The molecule has 0 aliphatic carbocycles. The number of rotatable bonds is 5. The van der Waals surface area contributed by atoms with E-state index in [1.807, 2.05) is 12.1 Å². The molecule has 2 N–H and O–H groups in total. The van der Waals surface area contributed by atoms with Gasteiger partial charge in [0, 0.05) is 29.1 Å². The number of thiazole rings is 1. The van der Waals surface area contributed by atoms with Gasteiger partial charge in [-0.1, -0.05) is 13.0 Å². The molecule has 1 aliphatic rings. The zero-order valence-electron chi connectivity index (χ0n) is 12.8. The molecule has 1 unspecified atom stereocenters. The number of benzene rings is 1. The minimum absolute atomic E-state index is 0.550. The highest BCUT2D eigenvalue weighted by Gasteiger charge is 2.18. The third-order valence-electron chi connectivity index (χ3n) is 4.16. The van der Waals surface area contributed by atoms with Gasteiger partial charge in [0.05, 0.1) is 10.7 Å². The summed E-state index contributed by atoms with van der Waals surface area (Å²) in [7, 11) is 0. The Labute approximate surface area is 135 Å². The second-order valence-electron chi connectivity index (χ2n) is 5.60. The molecule has 1 fully saturated rings. The molecule has 0 spiro atoms. The van der Waals surface area contributed by atoms with E-state index in [-0.39, 0.29) is 0 Å². The minimum atomic E-state index is 0.550. The van der Waals surface area contributed by atoms with E-state index >= 15 is 0 Å². The van der Waals surface area contributed by atoms with Crippen LogP contribution in [0.3, 0.4) is 0 Å². The number of aryl methyl sites for hydroxylation is 1. The predicted molar refractivity (Wildman–Crippen MR) is 91.5 cm³/mol. The van der Waals surface area contributed by atoms with Crippen molar-refractivity contribution in [3.05, 3.63) is 34.2 Å². The van der Waals surface area contributed by atoms with Crippen molar-refractivity contribution >= 4 is 23.4 Å². The fourth-order valence-corrected chi connectivity index (χ4v) is 3.89. The van der Waals surface area contributed by atoms with E-state index in [1.165, 1.54) is 17.8 Å². The predicted octanol–water partition coefficient (Wildman–Crippen LogP) is 3.41. The third-order valence-corrected chi connectivity index (χ3v) is 5.17. The smallest absolute Gasteiger partial charge is 0.211 e. The Bertz CT molecular complexity index is 647. The molecular weight excluding hydrogens is 294 g/mol. The maximum Gasteiger partial charge on any atom is 0.211 e. The summed E-state index contributed by atoms with van der Waals surface area (Å²) in [5.74, 6) is 0.550. The second kappa shape index (κ2) is 7.03. The van der Waals surface area contributed by atoms with Crippen molar-refractivity contribution in [2.75, 3.05) is 18.4 Å². The number of anilines is 1. The maximum atomic E-state index is 10.6. The van der Waals surface area contributed by atoms with Gasteiger partial charge in [-0.15, -0.1) is 11.3 Å². The van der Waals surface area contributed by atoms with Crippen LogP contribution in [0.2, 0.25) is 0 Å². The number of piperidine rings is 1. The largest absolute Gasteiger partial charge is 0.328 e. The van der Waals surface area contributed by atoms with E-state index in [4.69, 9.17) is 4.98 Å². The monoisotopic (exact) mass is 315 g/mol. The first kappa shape index (κ1) is 15.2. The summed E-state index contributed by atoms with van der Waals surface area (Å²) >= 11 is 1.76. The van der Waals surface area contributed by atoms with Crippen LogP contribution in [-0.4, -0.2) is 24.5 Å². The second-order valence-corrected chi connectivity index (χ2v) is 6.49. The highest BCUT2D eigenvalue weighted by molar-refractivity contribution is 7.10. The van der Waals surface area contributed by atoms with Gasteiger partial charge in [0.2, 0.25) is 6.41 Å². The quantitative estimate of drug-likeness (QED) is 0.831. The van der Waals surface area contributed by atoms with Crippen molar-refractivity contribution < 1.29 is 4.79 Å². The normalized spacial score (nSPS) is 18.1. The number of carbonyl (C=O) groups excluding carboxylic acids is 1. The van der Waals surface area contributed by atoms with Crippen LogP contribution in [0.5, 0.6) is 0 Å². The van der Waals surface area contributed by atoms with Crippen LogP contribution < -0.4 is 10.6 Å². The van der Waals surface area contributed by atoms with Gasteiger partial charge < -0.3 is 10.6 Å². The molecule has 2 aromatic rings. The lowest BCUT2D eigenvalue weighted by Gasteiger charge is -2.20. The number of nitrogens with zero attached hydrogens (tertiary/aromatic N) is 1. The van der Waals surface area contributed by atoms with Crippen molar-refractivity contribution in [2.24, 2.45) is 0 Å². The summed E-state index contributed by atoms with van der Waals surface area (Å²) in [6.07, 6.45) is 4.06. The summed E-state index contributed by atoms with van der Waals surface area (Å²) in [6, 6.07) is 6.12. The molecule has 1 atom stereocenters. The first-order chi connectivity index (χ1) is 10.8. The third kappa shape index (κ3) is 3.20. The molecule has 1 aromatic heterocycles. The van der Waals surface area contributed by atoms with E-state index in [2.05, 4.69) is 29.0 Å². The zero-order chi connectivity index (χ0) is 15.4. The number of hydrogen-bond donors (Lipinski definition) is 2. The molecular formula is C17H21N3OS. The highest BCUT2D eigenvalue weighted by Crippen LogP contribution is 2.31. The minimum Gasteiger partial charge on any atom is -0.328 e. The van der Waals surface area contributed by atoms with E-state index in [9.17, 15) is 4.79 Å². The molecule has 5 heteroatoms. The average molecular weight is 315 g/mol. The molecule has 0 saturated carbocycles. The molecule has 0 bridgehead atoms. The van der Waals surface area contributed by atoms with Crippen molar-refractivity contribution in [1.82, 2.24) is 10.3 Å². The van der Waals surface area contributed by atoms with Crippen LogP contribution in [0.1, 0.15) is 36.3 Å².